The van der Waals surface area contributed by atoms with Gasteiger partial charge in [0.2, 0.25) is 0 Å². The summed E-state index contributed by atoms with van der Waals surface area (Å²) in [5, 5.41) is 5.34. The van der Waals surface area contributed by atoms with Crippen LogP contribution in [0.25, 0.3) is 21.5 Å². The van der Waals surface area contributed by atoms with Crippen LogP contribution in [-0.2, 0) is 9.53 Å². The molecule has 1 amide bonds. The Morgan fingerprint density at radius 2 is 1.84 bits per heavy atom. The number of amides is 1. The predicted octanol–water partition coefficient (Wildman–Crippen LogP) is 5.16. The van der Waals surface area contributed by atoms with Crippen LogP contribution in [0.2, 0.25) is 0 Å². The van der Waals surface area contributed by atoms with Crippen molar-refractivity contribution in [3.63, 3.8) is 0 Å². The lowest BCUT2D eigenvalue weighted by Crippen LogP contribution is -2.21. The van der Waals surface area contributed by atoms with Crippen LogP contribution >= 0.6 is 11.3 Å². The van der Waals surface area contributed by atoms with Crippen LogP contribution in [0.5, 0.6) is 5.75 Å². The fourth-order valence-corrected chi connectivity index (χ4v) is 3.79. The number of benzene rings is 2. The van der Waals surface area contributed by atoms with Gasteiger partial charge in [0.25, 0.3) is 5.91 Å². The van der Waals surface area contributed by atoms with E-state index in [2.05, 4.69) is 10.3 Å². The largest absolute Gasteiger partial charge is 0.494 e. The van der Waals surface area contributed by atoms with E-state index in [4.69, 9.17) is 9.47 Å². The predicted molar refractivity (Wildman–Crippen MR) is 122 cm³/mol. The van der Waals surface area contributed by atoms with Gasteiger partial charge in [-0.1, -0.05) is 24.3 Å². The quantitative estimate of drug-likeness (QED) is 0.408. The second-order valence-corrected chi connectivity index (χ2v) is 7.58. The average molecular weight is 433 g/mol. The molecule has 0 radical (unpaired) electrons. The Labute approximate surface area is 183 Å². The highest BCUT2D eigenvalue weighted by Crippen LogP contribution is 2.28. The van der Waals surface area contributed by atoms with E-state index in [9.17, 15) is 9.59 Å². The van der Waals surface area contributed by atoms with Gasteiger partial charge in [0.05, 0.1) is 28.3 Å². The van der Waals surface area contributed by atoms with Crippen molar-refractivity contribution in [3.8, 4) is 16.3 Å². The Kier molecular flexibility index (Phi) is 6.24. The number of ether oxygens (including phenoxy) is 2. The number of thiophene rings is 1. The lowest BCUT2D eigenvalue weighted by molar-refractivity contribution is -0.119. The summed E-state index contributed by atoms with van der Waals surface area (Å²) in [6.07, 6.45) is 0. The number of nitrogens with one attached hydrogen (secondary N) is 1. The number of pyridine rings is 1. The number of fused-ring (bicyclic) bond motifs is 1. The van der Waals surface area contributed by atoms with Gasteiger partial charge in [-0.15, -0.1) is 11.3 Å². The van der Waals surface area contributed by atoms with Gasteiger partial charge in [0.15, 0.2) is 6.61 Å². The van der Waals surface area contributed by atoms with Crippen molar-refractivity contribution in [2.45, 2.75) is 6.92 Å². The van der Waals surface area contributed by atoms with Crippen molar-refractivity contribution >= 4 is 39.8 Å². The Bertz CT molecular complexity index is 1200. The standard InChI is InChI=1S/C24H20N2O4S/c1-2-29-17-11-9-16(10-12-17)25-23(27)15-30-24(28)19-14-21(22-8-5-13-31-22)26-20-7-4-3-6-18(19)20/h3-14H,2,15H2,1H3,(H,25,27). The Hall–Kier alpha value is -3.71. The molecule has 2 aromatic carbocycles. The number of aromatic nitrogens is 1. The Morgan fingerprint density at radius 3 is 2.58 bits per heavy atom. The second-order valence-electron chi connectivity index (χ2n) is 6.63. The first-order valence-electron chi connectivity index (χ1n) is 9.77. The molecule has 0 fully saturated rings. The third kappa shape index (κ3) is 4.90. The number of hydrogen-bond acceptors (Lipinski definition) is 6. The number of rotatable bonds is 7. The second kappa shape index (κ2) is 9.40. The monoisotopic (exact) mass is 432 g/mol. The van der Waals surface area contributed by atoms with Crippen LogP contribution in [0.15, 0.2) is 72.1 Å². The molecule has 0 unspecified atom stereocenters. The van der Waals surface area contributed by atoms with Gasteiger partial charge < -0.3 is 14.8 Å². The number of nitrogens with zero attached hydrogens (tertiary/aromatic N) is 1. The van der Waals surface area contributed by atoms with Gasteiger partial charge in [-0.05, 0) is 54.8 Å². The molecule has 1 N–H and O–H groups in total. The molecule has 2 aromatic heterocycles. The number of carbonyl (C=O) groups excluding carboxylic acids is 2. The first-order valence-corrected chi connectivity index (χ1v) is 10.7. The minimum Gasteiger partial charge on any atom is -0.494 e. The molecular formula is C24H20N2O4S. The third-order valence-corrected chi connectivity index (χ3v) is 5.39. The maximum Gasteiger partial charge on any atom is 0.339 e. The van der Waals surface area contributed by atoms with E-state index in [0.717, 1.165) is 10.6 Å². The number of carbonyl (C=O) groups is 2. The number of esters is 1. The summed E-state index contributed by atoms with van der Waals surface area (Å²) in [5.74, 6) is -0.273. The molecule has 4 rings (SSSR count). The van der Waals surface area contributed by atoms with Gasteiger partial charge in [-0.25, -0.2) is 9.78 Å². The molecule has 0 saturated heterocycles. The zero-order valence-corrected chi connectivity index (χ0v) is 17.6. The molecule has 31 heavy (non-hydrogen) atoms. The minimum absolute atomic E-state index is 0.378. The molecular weight excluding hydrogens is 412 g/mol. The van der Waals surface area contributed by atoms with Crippen LogP contribution in [0, 0.1) is 0 Å². The zero-order chi connectivity index (χ0) is 21.6. The van der Waals surface area contributed by atoms with E-state index in [1.165, 1.54) is 0 Å². The summed E-state index contributed by atoms with van der Waals surface area (Å²) >= 11 is 1.54. The van der Waals surface area contributed by atoms with Gasteiger partial charge >= 0.3 is 5.97 Å². The fourth-order valence-electron chi connectivity index (χ4n) is 3.10. The smallest absolute Gasteiger partial charge is 0.339 e. The van der Waals surface area contributed by atoms with Crippen LogP contribution in [0.3, 0.4) is 0 Å². The van der Waals surface area contributed by atoms with Crippen molar-refractivity contribution in [2.75, 3.05) is 18.5 Å². The highest BCUT2D eigenvalue weighted by molar-refractivity contribution is 7.13. The molecule has 0 bridgehead atoms. The highest BCUT2D eigenvalue weighted by Gasteiger charge is 2.17. The molecule has 0 atom stereocenters. The first kappa shape index (κ1) is 20.6. The summed E-state index contributed by atoms with van der Waals surface area (Å²) in [6.45, 7) is 2.08. The van der Waals surface area contributed by atoms with Gasteiger partial charge in [-0.3, -0.25) is 4.79 Å². The van der Waals surface area contributed by atoms with E-state index in [1.807, 2.05) is 48.7 Å². The molecule has 6 nitrogen and oxygen atoms in total. The highest BCUT2D eigenvalue weighted by atomic mass is 32.1. The third-order valence-electron chi connectivity index (χ3n) is 4.49. The molecule has 0 aliphatic carbocycles. The van der Waals surface area contributed by atoms with Crippen LogP contribution in [0.1, 0.15) is 17.3 Å². The lowest BCUT2D eigenvalue weighted by Gasteiger charge is -2.10. The summed E-state index contributed by atoms with van der Waals surface area (Å²) in [4.78, 5) is 30.7. The molecule has 4 aromatic rings. The normalized spacial score (nSPS) is 10.6. The van der Waals surface area contributed by atoms with Crippen LogP contribution < -0.4 is 10.1 Å². The van der Waals surface area contributed by atoms with Crippen LogP contribution in [0.4, 0.5) is 5.69 Å². The molecule has 156 valence electrons. The van der Waals surface area contributed by atoms with E-state index < -0.39 is 18.5 Å². The zero-order valence-electron chi connectivity index (χ0n) is 16.8. The minimum atomic E-state index is -0.571. The molecule has 7 heteroatoms. The summed E-state index contributed by atoms with van der Waals surface area (Å²) in [7, 11) is 0. The van der Waals surface area contributed by atoms with Crippen molar-refractivity contribution in [2.24, 2.45) is 0 Å². The van der Waals surface area contributed by atoms with Gasteiger partial charge in [0.1, 0.15) is 5.75 Å². The van der Waals surface area contributed by atoms with Gasteiger partial charge in [0, 0.05) is 11.1 Å². The van der Waals surface area contributed by atoms with E-state index >= 15 is 0 Å². The van der Waals surface area contributed by atoms with E-state index in [-0.39, 0.29) is 0 Å². The van der Waals surface area contributed by atoms with Gasteiger partial charge in [-0.2, -0.15) is 0 Å². The van der Waals surface area contributed by atoms with Crippen LogP contribution in [-0.4, -0.2) is 30.1 Å². The Balaban J connectivity index is 1.47. The fraction of sp³-hybridized carbons (Fsp3) is 0.125. The Morgan fingerprint density at radius 1 is 1.03 bits per heavy atom. The number of hydrogen-bond donors (Lipinski definition) is 1. The molecule has 0 spiro atoms. The average Bonchev–Trinajstić information content (AvgIpc) is 3.33. The number of anilines is 1. The maximum atomic E-state index is 12.8. The molecule has 0 aliphatic heterocycles. The summed E-state index contributed by atoms with van der Waals surface area (Å²) in [5.41, 5.74) is 2.36. The first-order chi connectivity index (χ1) is 15.1. The number of para-hydroxylation sites is 1. The maximum absolute atomic E-state index is 12.8. The SMILES string of the molecule is CCOc1ccc(NC(=O)COC(=O)c2cc(-c3cccs3)nc3ccccc23)cc1. The summed E-state index contributed by atoms with van der Waals surface area (Å²) in [6, 6.07) is 19.9. The van der Waals surface area contributed by atoms with E-state index in [0.29, 0.717) is 34.5 Å². The van der Waals surface area contributed by atoms with Crippen molar-refractivity contribution in [3.05, 3.63) is 77.7 Å². The molecule has 0 saturated carbocycles. The van der Waals surface area contributed by atoms with Crippen molar-refractivity contribution < 1.29 is 19.1 Å². The molecule has 2 heterocycles. The lowest BCUT2D eigenvalue weighted by atomic mass is 10.1. The van der Waals surface area contributed by atoms with Crippen molar-refractivity contribution in [1.29, 1.82) is 0 Å². The van der Waals surface area contributed by atoms with E-state index in [1.54, 1.807) is 41.7 Å². The topological polar surface area (TPSA) is 77.5 Å². The molecule has 0 aliphatic rings. The summed E-state index contributed by atoms with van der Waals surface area (Å²) < 4.78 is 10.7. The van der Waals surface area contributed by atoms with Crippen molar-refractivity contribution in [1.82, 2.24) is 4.98 Å².